The van der Waals surface area contributed by atoms with E-state index >= 15 is 0 Å². The van der Waals surface area contributed by atoms with Crippen molar-refractivity contribution in [1.82, 2.24) is 25.4 Å². The lowest BCUT2D eigenvalue weighted by Crippen LogP contribution is -2.50. The molecule has 1 fully saturated rings. The predicted octanol–water partition coefficient (Wildman–Crippen LogP) is 2.67. The molecule has 1 saturated heterocycles. The molecule has 0 bridgehead atoms. The number of nitrogens with one attached hydrogen (secondary N) is 1. The van der Waals surface area contributed by atoms with Gasteiger partial charge in [-0.2, -0.15) is 16.9 Å². The second kappa shape index (κ2) is 7.71. The van der Waals surface area contributed by atoms with Crippen LogP contribution in [0.25, 0.3) is 11.3 Å². The van der Waals surface area contributed by atoms with Crippen LogP contribution < -0.4 is 10.2 Å². The van der Waals surface area contributed by atoms with Crippen LogP contribution in [0.3, 0.4) is 0 Å². The van der Waals surface area contributed by atoms with Crippen LogP contribution in [0.15, 0.2) is 42.7 Å². The molecule has 142 valence electrons. The van der Waals surface area contributed by atoms with Gasteiger partial charge in [-0.25, -0.2) is 0 Å². The molecule has 5 rings (SSSR count). The molecule has 0 radical (unpaired) electrons. The zero-order valence-corrected chi connectivity index (χ0v) is 16.3. The molecule has 3 aromatic heterocycles. The summed E-state index contributed by atoms with van der Waals surface area (Å²) in [6.45, 7) is 2.86. The summed E-state index contributed by atoms with van der Waals surface area (Å²) in [4.78, 5) is 6.29. The second-order valence-electron chi connectivity index (χ2n) is 7.17. The zero-order valence-electron chi connectivity index (χ0n) is 15.5. The number of thioether (sulfide) groups is 1. The van der Waals surface area contributed by atoms with Gasteiger partial charge in [-0.3, -0.25) is 4.98 Å². The highest BCUT2D eigenvalue weighted by Crippen LogP contribution is 2.26. The molecule has 7 nitrogen and oxygen atoms in total. The molecule has 2 aliphatic heterocycles. The number of pyridine rings is 1. The summed E-state index contributed by atoms with van der Waals surface area (Å²) in [6, 6.07) is 10.1. The molecule has 28 heavy (non-hydrogen) atoms. The predicted molar refractivity (Wildman–Crippen MR) is 111 cm³/mol. The van der Waals surface area contributed by atoms with Gasteiger partial charge in [-0.1, -0.05) is 0 Å². The van der Waals surface area contributed by atoms with Gasteiger partial charge in [-0.15, -0.1) is 15.3 Å². The van der Waals surface area contributed by atoms with E-state index in [1.165, 1.54) is 5.56 Å². The van der Waals surface area contributed by atoms with Crippen molar-refractivity contribution in [1.29, 1.82) is 0 Å². The quantitative estimate of drug-likeness (QED) is 0.711. The van der Waals surface area contributed by atoms with Gasteiger partial charge in [-0.05, 0) is 41.6 Å². The van der Waals surface area contributed by atoms with Gasteiger partial charge in [0.05, 0.1) is 11.4 Å². The monoisotopic (exact) mass is 391 g/mol. The fraction of sp³-hybridized carbons (Fsp3) is 0.350. The maximum Gasteiger partial charge on any atom is 0.151 e. The summed E-state index contributed by atoms with van der Waals surface area (Å²) in [6.07, 6.45) is 4.57. The van der Waals surface area contributed by atoms with Crippen molar-refractivity contribution in [2.45, 2.75) is 12.2 Å². The van der Waals surface area contributed by atoms with Crippen LogP contribution in [0.5, 0.6) is 0 Å². The lowest BCUT2D eigenvalue weighted by molar-refractivity contribution is 0.425. The first kappa shape index (κ1) is 17.4. The Morgan fingerprint density at radius 1 is 1.04 bits per heavy atom. The number of aryl methyl sites for hydroxylation is 1. The fourth-order valence-electron chi connectivity index (χ4n) is 3.53. The highest BCUT2D eigenvalue weighted by Gasteiger charge is 2.28. The van der Waals surface area contributed by atoms with Crippen LogP contribution >= 0.6 is 11.8 Å². The first-order chi connectivity index (χ1) is 13.8. The van der Waals surface area contributed by atoms with E-state index in [9.17, 15) is 0 Å². The zero-order chi connectivity index (χ0) is 18.8. The van der Waals surface area contributed by atoms with Crippen molar-refractivity contribution < 1.29 is 0 Å². The van der Waals surface area contributed by atoms with Gasteiger partial charge in [0.1, 0.15) is 5.82 Å². The summed E-state index contributed by atoms with van der Waals surface area (Å²) >= 11 is 1.97. The molecule has 3 aromatic rings. The van der Waals surface area contributed by atoms with Crippen molar-refractivity contribution in [3.63, 3.8) is 0 Å². The molecule has 8 heteroatoms. The molecule has 2 aliphatic rings. The number of nitrogens with zero attached hydrogens (tertiary/aromatic N) is 6. The molecule has 0 aromatic carbocycles. The summed E-state index contributed by atoms with van der Waals surface area (Å²) in [7, 11) is 0. The Morgan fingerprint density at radius 3 is 2.75 bits per heavy atom. The lowest BCUT2D eigenvalue weighted by atomic mass is 10.00. The van der Waals surface area contributed by atoms with Crippen molar-refractivity contribution >= 4 is 23.4 Å². The van der Waals surface area contributed by atoms with Crippen LogP contribution in [0.4, 0.5) is 11.6 Å². The third kappa shape index (κ3) is 3.64. The summed E-state index contributed by atoms with van der Waals surface area (Å²) < 4.78 is 0. The Hall–Kier alpha value is -2.74. The molecule has 0 amide bonds. The molecule has 1 N–H and O–H groups in total. The Morgan fingerprint density at radius 2 is 1.93 bits per heavy atom. The molecular weight excluding hydrogens is 370 g/mol. The van der Waals surface area contributed by atoms with E-state index < -0.39 is 0 Å². The number of hydrogen-bond acceptors (Lipinski definition) is 8. The van der Waals surface area contributed by atoms with Gasteiger partial charge in [0.15, 0.2) is 5.82 Å². The minimum atomic E-state index is 0.578. The Balaban J connectivity index is 1.14. The van der Waals surface area contributed by atoms with Gasteiger partial charge >= 0.3 is 0 Å². The average molecular weight is 392 g/mol. The van der Waals surface area contributed by atoms with Gasteiger partial charge < -0.3 is 10.2 Å². The van der Waals surface area contributed by atoms with Crippen molar-refractivity contribution in [2.24, 2.45) is 5.92 Å². The van der Waals surface area contributed by atoms with E-state index in [-0.39, 0.29) is 0 Å². The number of anilines is 2. The largest absolute Gasteiger partial charge is 0.368 e. The van der Waals surface area contributed by atoms with Crippen LogP contribution in [-0.4, -0.2) is 50.8 Å². The summed E-state index contributed by atoms with van der Waals surface area (Å²) in [5, 5.41) is 20.9. The highest BCUT2D eigenvalue weighted by molar-refractivity contribution is 7.98. The third-order valence-corrected chi connectivity index (χ3v) is 6.19. The first-order valence-electron chi connectivity index (χ1n) is 9.51. The topological polar surface area (TPSA) is 79.7 Å². The molecule has 5 heterocycles. The Labute approximate surface area is 168 Å². The summed E-state index contributed by atoms with van der Waals surface area (Å²) in [5.74, 6) is 4.60. The maximum absolute atomic E-state index is 4.39. The van der Waals surface area contributed by atoms with E-state index in [4.69, 9.17) is 0 Å². The summed E-state index contributed by atoms with van der Waals surface area (Å²) in [5.41, 5.74) is 4.39. The van der Waals surface area contributed by atoms with Gasteiger partial charge in [0.2, 0.25) is 0 Å². The van der Waals surface area contributed by atoms with E-state index in [1.807, 2.05) is 36.0 Å². The normalized spacial score (nSPS) is 16.4. The van der Waals surface area contributed by atoms with E-state index in [2.05, 4.69) is 41.7 Å². The number of aromatic nitrogens is 5. The number of rotatable bonds is 5. The van der Waals surface area contributed by atoms with Crippen LogP contribution in [0, 0.1) is 5.92 Å². The molecule has 0 spiro atoms. The second-order valence-corrected chi connectivity index (χ2v) is 8.27. The van der Waals surface area contributed by atoms with E-state index in [0.29, 0.717) is 5.92 Å². The first-order valence-corrected chi connectivity index (χ1v) is 10.7. The standard InChI is InChI=1S/C20H21N7S/c1-2-20(26-24-17(1)15-3-6-21-7-4-15)27-11-14(12-27)10-22-19-9-16-13-28-8-5-18(16)23-25-19/h1-4,6-7,9,14H,5,8,10-13H2,(H,22,25). The van der Waals surface area contributed by atoms with E-state index in [0.717, 1.165) is 66.1 Å². The maximum atomic E-state index is 4.39. The van der Waals surface area contributed by atoms with Crippen LogP contribution in [0.1, 0.15) is 11.3 Å². The average Bonchev–Trinajstić information content (AvgIpc) is 2.73. The highest BCUT2D eigenvalue weighted by atomic mass is 32.2. The van der Waals surface area contributed by atoms with Gasteiger partial charge in [0, 0.05) is 55.7 Å². The van der Waals surface area contributed by atoms with Gasteiger partial charge in [0.25, 0.3) is 0 Å². The minimum Gasteiger partial charge on any atom is -0.368 e. The molecule has 0 atom stereocenters. The number of hydrogen-bond donors (Lipinski definition) is 1. The Kier molecular flexibility index (Phi) is 4.78. The lowest BCUT2D eigenvalue weighted by Gasteiger charge is -2.40. The molecule has 0 aliphatic carbocycles. The third-order valence-electron chi connectivity index (χ3n) is 5.18. The van der Waals surface area contributed by atoms with Crippen molar-refractivity contribution in [3.8, 4) is 11.3 Å². The number of fused-ring (bicyclic) bond motifs is 1. The molecule has 0 saturated carbocycles. The smallest absolute Gasteiger partial charge is 0.151 e. The molecular formula is C20H21N7S. The van der Waals surface area contributed by atoms with Crippen LogP contribution in [0.2, 0.25) is 0 Å². The minimum absolute atomic E-state index is 0.578. The molecule has 0 unspecified atom stereocenters. The van der Waals surface area contributed by atoms with Crippen molar-refractivity contribution in [2.75, 3.05) is 35.6 Å². The fourth-order valence-corrected chi connectivity index (χ4v) is 4.49. The van der Waals surface area contributed by atoms with Crippen LogP contribution in [-0.2, 0) is 12.2 Å². The Bertz CT molecular complexity index is 943. The van der Waals surface area contributed by atoms with Crippen molar-refractivity contribution in [3.05, 3.63) is 54.0 Å². The SMILES string of the molecule is c1cc(-c2ccc(N3CC(CNc4cc5c(nn4)CCSC5)C3)nn2)ccn1. The van der Waals surface area contributed by atoms with E-state index in [1.54, 1.807) is 12.4 Å².